The van der Waals surface area contributed by atoms with Gasteiger partial charge < -0.3 is 10.4 Å². The van der Waals surface area contributed by atoms with Crippen molar-refractivity contribution in [2.75, 3.05) is 5.32 Å². The van der Waals surface area contributed by atoms with Crippen molar-refractivity contribution in [1.82, 2.24) is 4.98 Å². The van der Waals surface area contributed by atoms with E-state index in [0.717, 1.165) is 6.20 Å². The lowest BCUT2D eigenvalue weighted by Crippen LogP contribution is -2.25. The molecule has 0 aromatic carbocycles. The number of carbonyl (C=O) groups is 1. The number of aromatic nitrogens is 1. The molecule has 2 N–H and O–H groups in total. The summed E-state index contributed by atoms with van der Waals surface area (Å²) in [4.78, 5) is 14.3. The Morgan fingerprint density at radius 3 is 2.80 bits per heavy atom. The van der Waals surface area contributed by atoms with Gasteiger partial charge in [0.25, 0.3) is 6.43 Å². The zero-order valence-electron chi connectivity index (χ0n) is 7.95. The van der Waals surface area contributed by atoms with Crippen molar-refractivity contribution in [1.29, 1.82) is 0 Å². The molecule has 1 aromatic heterocycles. The van der Waals surface area contributed by atoms with Gasteiger partial charge in [-0.1, -0.05) is 0 Å². The minimum absolute atomic E-state index is 0.120. The summed E-state index contributed by atoms with van der Waals surface area (Å²) in [6.45, 7) is 1.27. The van der Waals surface area contributed by atoms with Crippen LogP contribution in [0, 0.1) is 0 Å². The molecule has 1 unspecified atom stereocenters. The Kier molecular flexibility index (Phi) is 3.54. The van der Waals surface area contributed by atoms with Crippen LogP contribution in [0.5, 0.6) is 0 Å². The number of nitrogens with one attached hydrogen (secondary N) is 1. The fraction of sp³-hybridized carbons (Fsp3) is 0.333. The maximum absolute atomic E-state index is 12.2. The molecule has 6 heteroatoms. The minimum atomic E-state index is -2.56. The van der Waals surface area contributed by atoms with Crippen LogP contribution >= 0.6 is 0 Å². The van der Waals surface area contributed by atoms with Gasteiger partial charge in [0.05, 0.1) is 11.7 Å². The fourth-order valence-electron chi connectivity index (χ4n) is 0.999. The number of carboxylic acid groups (broad SMARTS) is 1. The van der Waals surface area contributed by atoms with E-state index >= 15 is 0 Å². The Balaban J connectivity index is 2.89. The molecule has 82 valence electrons. The average Bonchev–Trinajstić information content (AvgIpc) is 2.18. The number of aromatic carboxylic acids is 1. The third-order valence-corrected chi connectivity index (χ3v) is 1.81. The number of hydrogen-bond acceptors (Lipinski definition) is 3. The molecule has 0 saturated heterocycles. The van der Waals surface area contributed by atoms with Crippen LogP contribution in [0.15, 0.2) is 18.5 Å². The molecule has 0 spiro atoms. The van der Waals surface area contributed by atoms with Crippen molar-refractivity contribution < 1.29 is 18.7 Å². The number of nitrogens with zero attached hydrogens (tertiary/aromatic N) is 1. The van der Waals surface area contributed by atoms with Crippen LogP contribution in [-0.4, -0.2) is 28.5 Å². The van der Waals surface area contributed by atoms with E-state index in [0.29, 0.717) is 0 Å². The van der Waals surface area contributed by atoms with Gasteiger partial charge in [-0.25, -0.2) is 13.6 Å². The largest absolute Gasteiger partial charge is 0.478 e. The Morgan fingerprint density at radius 1 is 1.60 bits per heavy atom. The normalized spacial score (nSPS) is 12.5. The minimum Gasteiger partial charge on any atom is -0.478 e. The average molecular weight is 216 g/mol. The van der Waals surface area contributed by atoms with Crippen LogP contribution in [0.4, 0.5) is 14.5 Å². The summed E-state index contributed by atoms with van der Waals surface area (Å²) in [6.07, 6.45) is -0.102. The molecule has 0 amide bonds. The van der Waals surface area contributed by atoms with E-state index in [1.807, 2.05) is 0 Å². The topological polar surface area (TPSA) is 62.2 Å². The summed E-state index contributed by atoms with van der Waals surface area (Å²) in [6, 6.07) is 0.244. The third kappa shape index (κ3) is 2.87. The van der Waals surface area contributed by atoms with Gasteiger partial charge in [0.1, 0.15) is 5.56 Å². The zero-order chi connectivity index (χ0) is 11.4. The predicted octanol–water partition coefficient (Wildman–Crippen LogP) is 1.85. The first-order valence-corrected chi connectivity index (χ1v) is 4.24. The van der Waals surface area contributed by atoms with Gasteiger partial charge in [0.2, 0.25) is 0 Å². The lowest BCUT2D eigenvalue weighted by molar-refractivity contribution is 0.0696. The van der Waals surface area contributed by atoms with E-state index in [4.69, 9.17) is 5.11 Å². The van der Waals surface area contributed by atoms with Crippen molar-refractivity contribution >= 4 is 11.7 Å². The molecule has 0 bridgehead atoms. The third-order valence-electron chi connectivity index (χ3n) is 1.81. The SMILES string of the molecule is CC(Nc1ccncc1C(=O)O)C(F)F. The van der Waals surface area contributed by atoms with Crippen molar-refractivity contribution in [2.24, 2.45) is 0 Å². The second kappa shape index (κ2) is 4.68. The van der Waals surface area contributed by atoms with Gasteiger partial charge >= 0.3 is 5.97 Å². The summed E-state index contributed by atoms with van der Waals surface area (Å²) in [7, 11) is 0. The van der Waals surface area contributed by atoms with Gasteiger partial charge in [-0.05, 0) is 13.0 Å². The highest BCUT2D eigenvalue weighted by Gasteiger charge is 2.17. The van der Waals surface area contributed by atoms with E-state index < -0.39 is 18.4 Å². The van der Waals surface area contributed by atoms with E-state index in [-0.39, 0.29) is 11.3 Å². The second-order valence-corrected chi connectivity index (χ2v) is 2.99. The molecule has 0 aliphatic heterocycles. The molecule has 1 atom stereocenters. The van der Waals surface area contributed by atoms with E-state index in [2.05, 4.69) is 10.3 Å². The smallest absolute Gasteiger partial charge is 0.339 e. The maximum Gasteiger partial charge on any atom is 0.339 e. The van der Waals surface area contributed by atoms with Crippen molar-refractivity contribution in [2.45, 2.75) is 19.4 Å². The monoisotopic (exact) mass is 216 g/mol. The van der Waals surface area contributed by atoms with Crippen LogP contribution in [0.3, 0.4) is 0 Å². The van der Waals surface area contributed by atoms with Gasteiger partial charge in [0.15, 0.2) is 0 Å². The maximum atomic E-state index is 12.2. The molecule has 0 fully saturated rings. The number of halogens is 2. The molecule has 15 heavy (non-hydrogen) atoms. The molecule has 1 rings (SSSR count). The Bertz CT molecular complexity index is 358. The number of alkyl halides is 2. The molecule has 0 radical (unpaired) electrons. The quantitative estimate of drug-likeness (QED) is 0.806. The molecular formula is C9H10F2N2O2. The van der Waals surface area contributed by atoms with Crippen LogP contribution in [-0.2, 0) is 0 Å². The summed E-state index contributed by atoms with van der Waals surface area (Å²) in [5, 5.41) is 11.2. The summed E-state index contributed by atoms with van der Waals surface area (Å²) in [5.74, 6) is -1.20. The highest BCUT2D eigenvalue weighted by molar-refractivity contribution is 5.93. The summed E-state index contributed by atoms with van der Waals surface area (Å²) < 4.78 is 24.4. The van der Waals surface area contributed by atoms with Gasteiger partial charge in [-0.15, -0.1) is 0 Å². The first kappa shape index (κ1) is 11.4. The number of rotatable bonds is 4. The lowest BCUT2D eigenvalue weighted by Gasteiger charge is -2.15. The Morgan fingerprint density at radius 2 is 2.27 bits per heavy atom. The Labute approximate surface area is 84.9 Å². The standard InChI is InChI=1S/C9H10F2N2O2/c1-5(8(10)11)13-7-2-3-12-4-6(7)9(14)15/h2-5,8H,1H3,(H,12,13)(H,14,15). The van der Waals surface area contributed by atoms with E-state index in [1.54, 1.807) is 0 Å². The van der Waals surface area contributed by atoms with Crippen molar-refractivity contribution in [3.63, 3.8) is 0 Å². The number of anilines is 1. The number of carboxylic acids is 1. The van der Waals surface area contributed by atoms with E-state index in [1.165, 1.54) is 19.2 Å². The zero-order valence-corrected chi connectivity index (χ0v) is 7.95. The highest BCUT2D eigenvalue weighted by Crippen LogP contribution is 2.16. The van der Waals surface area contributed by atoms with Gasteiger partial charge in [0, 0.05) is 12.4 Å². The van der Waals surface area contributed by atoms with E-state index in [9.17, 15) is 13.6 Å². The first-order valence-electron chi connectivity index (χ1n) is 4.24. The molecular weight excluding hydrogens is 206 g/mol. The van der Waals surface area contributed by atoms with Gasteiger partial charge in [-0.2, -0.15) is 0 Å². The number of hydrogen-bond donors (Lipinski definition) is 2. The molecule has 0 saturated carbocycles. The molecule has 1 heterocycles. The van der Waals surface area contributed by atoms with Crippen LogP contribution in [0.2, 0.25) is 0 Å². The molecule has 0 aliphatic rings. The highest BCUT2D eigenvalue weighted by atomic mass is 19.3. The van der Waals surface area contributed by atoms with Crippen molar-refractivity contribution in [3.8, 4) is 0 Å². The summed E-state index contributed by atoms with van der Waals surface area (Å²) in [5.41, 5.74) is 0.0234. The van der Waals surface area contributed by atoms with Crippen LogP contribution in [0.25, 0.3) is 0 Å². The van der Waals surface area contributed by atoms with Gasteiger partial charge in [-0.3, -0.25) is 4.98 Å². The molecule has 4 nitrogen and oxygen atoms in total. The number of pyridine rings is 1. The molecule has 0 aliphatic carbocycles. The van der Waals surface area contributed by atoms with Crippen LogP contribution < -0.4 is 5.32 Å². The predicted molar refractivity (Wildman–Crippen MR) is 50.3 cm³/mol. The van der Waals surface area contributed by atoms with Crippen molar-refractivity contribution in [3.05, 3.63) is 24.0 Å². The summed E-state index contributed by atoms with van der Waals surface area (Å²) >= 11 is 0. The fourth-order valence-corrected chi connectivity index (χ4v) is 0.999. The Hall–Kier alpha value is -1.72. The first-order chi connectivity index (χ1) is 7.02. The lowest BCUT2D eigenvalue weighted by atomic mass is 10.2. The van der Waals surface area contributed by atoms with Crippen LogP contribution in [0.1, 0.15) is 17.3 Å². The second-order valence-electron chi connectivity index (χ2n) is 2.99. The molecule has 1 aromatic rings.